The lowest BCUT2D eigenvalue weighted by Gasteiger charge is -2.30. The molecule has 0 bridgehead atoms. The van der Waals surface area contributed by atoms with Crippen molar-refractivity contribution in [3.8, 4) is 0 Å². The molecule has 0 aliphatic rings. The van der Waals surface area contributed by atoms with Crippen molar-refractivity contribution in [2.45, 2.75) is 218 Å². The Balaban J connectivity index is -0.000000895. The summed E-state index contributed by atoms with van der Waals surface area (Å²) in [6.07, 6.45) is 34.1. The van der Waals surface area contributed by atoms with E-state index >= 15 is 0 Å². The Bertz CT molecular complexity index is 799. The number of ether oxygens (including phenoxy) is 2. The molecule has 0 spiro atoms. The molecule has 0 fully saturated rings. The number of hydrogen-bond acceptors (Lipinski definition) is 10. The van der Waals surface area contributed by atoms with E-state index in [0.717, 1.165) is 89.2 Å². The average Bonchev–Trinajstić information content (AvgIpc) is 3.18. The Labute approximate surface area is 343 Å². The van der Waals surface area contributed by atoms with Crippen molar-refractivity contribution in [3.63, 3.8) is 0 Å². The van der Waals surface area contributed by atoms with Crippen LogP contribution in [0.3, 0.4) is 0 Å². The Morgan fingerprint density at radius 1 is 0.630 bits per heavy atom. The summed E-state index contributed by atoms with van der Waals surface area (Å²) >= 11 is 5.53. The van der Waals surface area contributed by atoms with Crippen LogP contribution >= 0.6 is 24.4 Å². The third-order valence-electron chi connectivity index (χ3n) is 9.55. The van der Waals surface area contributed by atoms with Crippen LogP contribution in [0, 0.1) is 0 Å². The maximum absolute atomic E-state index is 11.1. The Morgan fingerprint density at radius 2 is 1.09 bits per heavy atom. The van der Waals surface area contributed by atoms with Gasteiger partial charge in [-0.1, -0.05) is 136 Å². The quantitative estimate of drug-likeness (QED) is 0.0181. The summed E-state index contributed by atoms with van der Waals surface area (Å²) < 4.78 is 9.42. The van der Waals surface area contributed by atoms with Gasteiger partial charge in [-0.15, -0.1) is 0 Å². The highest BCUT2D eigenvalue weighted by Gasteiger charge is 2.25. The molecule has 54 heavy (non-hydrogen) atoms. The largest absolute Gasteiger partial charge is 0.469 e. The lowest BCUT2D eigenvalue weighted by Crippen LogP contribution is -2.24. The Kier molecular flexibility index (Phi) is 49.7. The monoisotopic (exact) mass is 809 g/mol. The minimum atomic E-state index is -0.180. The molecule has 8 nitrogen and oxygen atoms in total. The molecule has 4 N–H and O–H groups in total. The van der Waals surface area contributed by atoms with Crippen LogP contribution in [-0.2, 0) is 19.1 Å². The van der Waals surface area contributed by atoms with Crippen LogP contribution in [-0.4, -0.2) is 88.3 Å². The van der Waals surface area contributed by atoms with Gasteiger partial charge in [-0.25, -0.2) is 0 Å². The number of allylic oxidation sites excluding steroid dienone is 1. The molecule has 324 valence electrons. The van der Waals surface area contributed by atoms with Gasteiger partial charge in [0, 0.05) is 29.1 Å². The number of hydrogen-bond donors (Lipinski definition) is 5. The zero-order valence-corrected chi connectivity index (χ0v) is 37.4. The van der Waals surface area contributed by atoms with Gasteiger partial charge in [-0.05, 0) is 64.2 Å². The summed E-state index contributed by atoms with van der Waals surface area (Å²) in [5.74, 6) is 1.14. The second kappa shape index (κ2) is 46.6. The fourth-order valence-corrected chi connectivity index (χ4v) is 7.16. The van der Waals surface area contributed by atoms with Gasteiger partial charge in [-0.3, -0.25) is 9.59 Å². The van der Waals surface area contributed by atoms with Crippen molar-refractivity contribution >= 4 is 36.3 Å². The highest BCUT2D eigenvalue weighted by atomic mass is 32.2. The first kappa shape index (κ1) is 57.5. The second-order valence-electron chi connectivity index (χ2n) is 14.8. The van der Waals surface area contributed by atoms with E-state index < -0.39 is 0 Å². The maximum Gasteiger partial charge on any atom is 0.305 e. The number of thioether (sulfide) groups is 1. The molecular weight excluding hydrogens is 721 g/mol. The molecule has 0 aromatic heterocycles. The molecule has 0 amide bonds. The summed E-state index contributed by atoms with van der Waals surface area (Å²) in [5, 5.41) is 37.1. The van der Waals surface area contributed by atoms with Gasteiger partial charge in [-0.2, -0.15) is 24.4 Å². The van der Waals surface area contributed by atoms with E-state index in [-0.39, 0.29) is 42.1 Å². The predicted octanol–water partition coefficient (Wildman–Crippen LogP) is 11.0. The smallest absolute Gasteiger partial charge is 0.305 e. The van der Waals surface area contributed by atoms with Crippen LogP contribution in [0.25, 0.3) is 0 Å². The second-order valence-corrected chi connectivity index (χ2v) is 16.9. The van der Waals surface area contributed by atoms with Gasteiger partial charge in [0.25, 0.3) is 0 Å². The SMILES string of the molecule is CCCCCC[C@H](O)C/C=C\CCCCCCCC(=O)OC.CCCCCC[C@H](O)CCC(C)(CCCCCCCCC(=O)OC)SCCO.OCCS. The maximum atomic E-state index is 11.1. The molecule has 0 saturated heterocycles. The highest BCUT2D eigenvalue weighted by molar-refractivity contribution is 8.00. The topological polar surface area (TPSA) is 134 Å². The number of aliphatic hydroxyl groups is 4. The molecule has 0 aliphatic carbocycles. The molecular formula is C44H88O8S2. The minimum Gasteiger partial charge on any atom is -0.469 e. The zero-order valence-electron chi connectivity index (χ0n) is 35.7. The van der Waals surface area contributed by atoms with E-state index in [1.165, 1.54) is 97.7 Å². The first-order valence-corrected chi connectivity index (χ1v) is 23.3. The lowest BCUT2D eigenvalue weighted by atomic mass is 9.93. The van der Waals surface area contributed by atoms with Crippen LogP contribution in [0.15, 0.2) is 12.2 Å². The summed E-state index contributed by atoms with van der Waals surface area (Å²) in [5.41, 5.74) is 0. The van der Waals surface area contributed by atoms with E-state index in [1.807, 2.05) is 11.8 Å². The number of carbonyl (C=O) groups is 2. The van der Waals surface area contributed by atoms with Gasteiger partial charge in [0.05, 0.1) is 39.6 Å². The zero-order chi connectivity index (χ0) is 41.0. The van der Waals surface area contributed by atoms with Crippen LogP contribution < -0.4 is 0 Å². The predicted molar refractivity (Wildman–Crippen MR) is 235 cm³/mol. The molecule has 0 rings (SSSR count). The van der Waals surface area contributed by atoms with E-state index in [2.05, 4.69) is 55.0 Å². The van der Waals surface area contributed by atoms with Crippen molar-refractivity contribution in [2.75, 3.05) is 38.9 Å². The van der Waals surface area contributed by atoms with Crippen molar-refractivity contribution < 1.29 is 39.5 Å². The summed E-state index contributed by atoms with van der Waals surface area (Å²) in [6.45, 7) is 7.12. The molecule has 0 aliphatic heterocycles. The summed E-state index contributed by atoms with van der Waals surface area (Å²) in [4.78, 5) is 22.0. The number of thiol groups is 1. The van der Waals surface area contributed by atoms with Gasteiger partial charge < -0.3 is 29.9 Å². The van der Waals surface area contributed by atoms with Gasteiger partial charge in [0.2, 0.25) is 0 Å². The van der Waals surface area contributed by atoms with E-state index in [0.29, 0.717) is 18.6 Å². The molecule has 0 aromatic rings. The molecule has 1 unspecified atom stereocenters. The molecule has 10 heteroatoms. The van der Waals surface area contributed by atoms with Crippen molar-refractivity contribution in [3.05, 3.63) is 12.2 Å². The van der Waals surface area contributed by atoms with Crippen LogP contribution in [0.2, 0.25) is 0 Å². The fourth-order valence-electron chi connectivity index (χ4n) is 6.02. The van der Waals surface area contributed by atoms with Crippen molar-refractivity contribution in [1.82, 2.24) is 0 Å². The lowest BCUT2D eigenvalue weighted by molar-refractivity contribution is -0.141. The van der Waals surface area contributed by atoms with Crippen LogP contribution in [0.1, 0.15) is 201 Å². The van der Waals surface area contributed by atoms with E-state index in [9.17, 15) is 24.9 Å². The third kappa shape index (κ3) is 47.4. The van der Waals surface area contributed by atoms with E-state index in [4.69, 9.17) is 5.11 Å². The normalized spacial score (nSPS) is 13.3. The minimum absolute atomic E-state index is 0.101. The molecule has 0 radical (unpaired) electrons. The first-order valence-electron chi connectivity index (χ1n) is 21.7. The molecule has 0 heterocycles. The van der Waals surface area contributed by atoms with Gasteiger partial charge in [0.15, 0.2) is 0 Å². The first-order chi connectivity index (χ1) is 26.1. The molecule has 0 saturated carbocycles. The van der Waals surface area contributed by atoms with Crippen molar-refractivity contribution in [1.29, 1.82) is 0 Å². The number of aliphatic hydroxyl groups excluding tert-OH is 4. The standard InChI is InChI=1S/C23H46O4S.C19H36O3.C2H6OS/c1-4-5-6-11-14-21(25)16-18-23(2,28-20-19-24)17-13-10-8-7-9-12-15-22(26)27-3;1-3-4-5-12-15-18(20)16-13-10-8-6-7-9-11-14-17-19(21)22-2;3-1-2-4/h21,24-25H,4-20H2,1-3H3;10,13,18,20H,3-9,11-12,14-17H2,1-2H3;3-4H,1-2H2/b;13-10-;/t21-,23?;18-;/m00./s1. The van der Waals surface area contributed by atoms with Gasteiger partial charge in [0.1, 0.15) is 0 Å². The number of rotatable bonds is 36. The molecule has 0 aromatic carbocycles. The number of esters is 2. The summed E-state index contributed by atoms with van der Waals surface area (Å²) in [6, 6.07) is 0. The summed E-state index contributed by atoms with van der Waals surface area (Å²) in [7, 11) is 2.89. The molecule has 3 atom stereocenters. The van der Waals surface area contributed by atoms with Crippen molar-refractivity contribution in [2.24, 2.45) is 0 Å². The van der Waals surface area contributed by atoms with Gasteiger partial charge >= 0.3 is 11.9 Å². The van der Waals surface area contributed by atoms with E-state index in [1.54, 1.807) is 0 Å². The highest BCUT2D eigenvalue weighted by Crippen LogP contribution is 2.36. The third-order valence-corrected chi connectivity index (χ3v) is 11.2. The number of carbonyl (C=O) groups excluding carboxylic acids is 2. The van der Waals surface area contributed by atoms with Crippen LogP contribution in [0.4, 0.5) is 0 Å². The number of unbranched alkanes of at least 4 members (excludes halogenated alkanes) is 16. The number of methoxy groups -OCH3 is 2. The fraction of sp³-hybridized carbons (Fsp3) is 0.909. The van der Waals surface area contributed by atoms with Crippen LogP contribution in [0.5, 0.6) is 0 Å². The average molecular weight is 809 g/mol. The Hall–Kier alpha value is -0.780. The Morgan fingerprint density at radius 3 is 1.57 bits per heavy atom.